The van der Waals surface area contributed by atoms with E-state index in [4.69, 9.17) is 0 Å². The Morgan fingerprint density at radius 2 is 2.25 bits per heavy atom. The number of rotatable bonds is 6. The first-order chi connectivity index (χ1) is 9.71. The highest BCUT2D eigenvalue weighted by Crippen LogP contribution is 2.32. The van der Waals surface area contributed by atoms with Crippen molar-refractivity contribution in [3.8, 4) is 0 Å². The quantitative estimate of drug-likeness (QED) is 0.466. The van der Waals surface area contributed by atoms with Gasteiger partial charge in [0.15, 0.2) is 6.29 Å². The minimum absolute atomic E-state index is 0.00737. The lowest BCUT2D eigenvalue weighted by Crippen LogP contribution is -2.21. The number of aliphatic hydroxyl groups is 1. The predicted octanol–water partition coefficient (Wildman–Crippen LogP) is 1.54. The first-order valence-corrected chi connectivity index (χ1v) is 6.32. The van der Waals surface area contributed by atoms with Crippen LogP contribution < -0.4 is 5.32 Å². The van der Waals surface area contributed by atoms with Gasteiger partial charge in [0.05, 0.1) is 23.6 Å². The van der Waals surface area contributed by atoms with E-state index in [2.05, 4.69) is 10.4 Å². The molecule has 1 aromatic rings. The van der Waals surface area contributed by atoms with Gasteiger partial charge in [-0.2, -0.15) is 9.78 Å². The molecule has 0 spiro atoms. The summed E-state index contributed by atoms with van der Waals surface area (Å²) in [4.78, 5) is 33.6. The third-order valence-corrected chi connectivity index (χ3v) is 3.48. The lowest BCUT2D eigenvalue weighted by molar-refractivity contribution is -0.105. The number of nitrogens with zero attached hydrogens (tertiary/aromatic N) is 2. The van der Waals surface area contributed by atoms with Crippen LogP contribution in [0.2, 0.25) is 0 Å². The van der Waals surface area contributed by atoms with Crippen LogP contribution in [-0.4, -0.2) is 33.5 Å². The van der Waals surface area contributed by atoms with Crippen molar-refractivity contribution in [1.82, 2.24) is 9.78 Å². The summed E-state index contributed by atoms with van der Waals surface area (Å²) < 4.78 is 0.916. The fourth-order valence-corrected chi connectivity index (χ4v) is 2.14. The van der Waals surface area contributed by atoms with E-state index >= 15 is 0 Å². The highest BCUT2D eigenvalue weighted by Gasteiger charge is 2.25. The first kappa shape index (κ1) is 14.0. The highest BCUT2D eigenvalue weighted by atomic mass is 16.2. The monoisotopic (exact) mass is 277 g/mol. The van der Waals surface area contributed by atoms with E-state index < -0.39 is 5.91 Å². The number of amides is 1. The van der Waals surface area contributed by atoms with E-state index in [1.807, 2.05) is 0 Å². The zero-order valence-corrected chi connectivity index (χ0v) is 10.8. The van der Waals surface area contributed by atoms with Gasteiger partial charge in [-0.15, -0.1) is 0 Å². The van der Waals surface area contributed by atoms with Gasteiger partial charge >= 0.3 is 0 Å². The van der Waals surface area contributed by atoms with Crippen LogP contribution >= 0.6 is 0 Å². The summed E-state index contributed by atoms with van der Waals surface area (Å²) in [5, 5.41) is 15.3. The summed E-state index contributed by atoms with van der Waals surface area (Å²) in [7, 11) is 0. The molecule has 2 rings (SSSR count). The highest BCUT2D eigenvalue weighted by molar-refractivity contribution is 6.00. The number of nitrogens with one attached hydrogen (secondary N) is 1. The number of aromatic nitrogens is 2. The predicted molar refractivity (Wildman–Crippen MR) is 70.6 cm³/mol. The molecule has 0 aromatic carbocycles. The molecule has 7 heteroatoms. The topological polar surface area (TPSA) is 101 Å². The standard InChI is InChI=1S/C13H15N3O4/c17-6-10(4-9-2-1-3-9)13(20)16-12(14-8-19)11(7-18)5-15-16/h5-9,17H,1-4H2,(H,14,19). The summed E-state index contributed by atoms with van der Waals surface area (Å²) in [6.45, 7) is 0. The lowest BCUT2D eigenvalue weighted by atomic mass is 9.81. The summed E-state index contributed by atoms with van der Waals surface area (Å²) >= 11 is 0. The van der Waals surface area contributed by atoms with E-state index in [9.17, 15) is 19.5 Å². The maximum atomic E-state index is 12.3. The largest absolute Gasteiger partial charge is 0.515 e. The van der Waals surface area contributed by atoms with E-state index in [-0.39, 0.29) is 17.0 Å². The molecule has 1 fully saturated rings. The lowest BCUT2D eigenvalue weighted by Gasteiger charge is -2.25. The number of hydrogen-bond acceptors (Lipinski definition) is 5. The van der Waals surface area contributed by atoms with Gasteiger partial charge < -0.3 is 10.4 Å². The van der Waals surface area contributed by atoms with Crippen LogP contribution in [0.4, 0.5) is 5.82 Å². The van der Waals surface area contributed by atoms with Gasteiger partial charge in [-0.05, 0) is 12.3 Å². The number of hydrogen-bond donors (Lipinski definition) is 2. The molecule has 0 radical (unpaired) electrons. The molecule has 1 saturated carbocycles. The van der Waals surface area contributed by atoms with Crippen LogP contribution in [0.15, 0.2) is 18.0 Å². The second-order valence-corrected chi connectivity index (χ2v) is 4.70. The van der Waals surface area contributed by atoms with Gasteiger partial charge in [-0.25, -0.2) is 0 Å². The average molecular weight is 277 g/mol. The Morgan fingerprint density at radius 1 is 1.50 bits per heavy atom. The molecule has 7 nitrogen and oxygen atoms in total. The number of aliphatic hydroxyl groups excluding tert-OH is 1. The third-order valence-electron chi connectivity index (χ3n) is 3.48. The number of allylic oxidation sites excluding steroid dienone is 1. The van der Waals surface area contributed by atoms with Crippen molar-refractivity contribution in [2.75, 3.05) is 5.32 Å². The van der Waals surface area contributed by atoms with E-state index in [1.165, 1.54) is 6.20 Å². The van der Waals surface area contributed by atoms with Crippen LogP contribution in [0.5, 0.6) is 0 Å². The number of anilines is 1. The Balaban J connectivity index is 2.24. The van der Waals surface area contributed by atoms with Crippen LogP contribution in [0.25, 0.3) is 0 Å². The molecule has 106 valence electrons. The number of aldehydes is 1. The summed E-state index contributed by atoms with van der Waals surface area (Å²) in [6.07, 6.45) is 6.48. The van der Waals surface area contributed by atoms with Crippen LogP contribution in [-0.2, 0) is 4.79 Å². The molecule has 0 unspecified atom stereocenters. The van der Waals surface area contributed by atoms with Crippen molar-refractivity contribution in [3.63, 3.8) is 0 Å². The van der Waals surface area contributed by atoms with Crippen molar-refractivity contribution < 1.29 is 19.5 Å². The fraction of sp³-hybridized carbons (Fsp3) is 0.385. The molecule has 1 heterocycles. The van der Waals surface area contributed by atoms with Gasteiger partial charge in [0.2, 0.25) is 6.41 Å². The Morgan fingerprint density at radius 3 is 2.75 bits per heavy atom. The minimum Gasteiger partial charge on any atom is -0.515 e. The van der Waals surface area contributed by atoms with Crippen molar-refractivity contribution >= 4 is 24.4 Å². The molecule has 1 aliphatic carbocycles. The van der Waals surface area contributed by atoms with Crippen molar-refractivity contribution in [2.45, 2.75) is 25.7 Å². The second-order valence-electron chi connectivity index (χ2n) is 4.70. The summed E-state index contributed by atoms with van der Waals surface area (Å²) in [5.74, 6) is -0.147. The fourth-order valence-electron chi connectivity index (χ4n) is 2.14. The number of carbonyl (C=O) groups is 3. The second kappa shape index (κ2) is 6.14. The van der Waals surface area contributed by atoms with Gasteiger partial charge in [0, 0.05) is 0 Å². The molecular formula is C13H15N3O4. The average Bonchev–Trinajstić information content (AvgIpc) is 2.80. The van der Waals surface area contributed by atoms with E-state index in [1.54, 1.807) is 0 Å². The Kier molecular flexibility index (Phi) is 4.29. The van der Waals surface area contributed by atoms with Gasteiger partial charge in [0.25, 0.3) is 5.91 Å². The molecule has 1 aliphatic rings. The Hall–Kier alpha value is -2.44. The van der Waals surface area contributed by atoms with Crippen molar-refractivity contribution in [3.05, 3.63) is 23.6 Å². The molecule has 1 aromatic heterocycles. The van der Waals surface area contributed by atoms with Gasteiger partial charge in [0.1, 0.15) is 5.82 Å². The minimum atomic E-state index is -0.545. The van der Waals surface area contributed by atoms with Gasteiger partial charge in [-0.1, -0.05) is 19.3 Å². The third kappa shape index (κ3) is 2.61. The molecule has 20 heavy (non-hydrogen) atoms. The molecule has 0 saturated heterocycles. The maximum Gasteiger partial charge on any atom is 0.279 e. The maximum absolute atomic E-state index is 12.3. The Labute approximate surface area is 115 Å². The smallest absolute Gasteiger partial charge is 0.279 e. The van der Waals surface area contributed by atoms with Crippen LogP contribution in [0.1, 0.15) is 40.8 Å². The zero-order chi connectivity index (χ0) is 14.5. The summed E-state index contributed by atoms with van der Waals surface area (Å²) in [6, 6.07) is 0. The SMILES string of the molecule is O=CNc1c(C=O)cnn1C(=O)C(=CO)CC1CCC1. The van der Waals surface area contributed by atoms with E-state index in [0.717, 1.165) is 30.2 Å². The molecule has 0 atom stereocenters. The van der Waals surface area contributed by atoms with Gasteiger partial charge in [-0.3, -0.25) is 14.4 Å². The zero-order valence-electron chi connectivity index (χ0n) is 10.8. The van der Waals surface area contributed by atoms with Crippen molar-refractivity contribution in [1.29, 1.82) is 0 Å². The van der Waals surface area contributed by atoms with Crippen LogP contribution in [0, 0.1) is 5.92 Å². The molecular weight excluding hydrogens is 262 g/mol. The van der Waals surface area contributed by atoms with Crippen molar-refractivity contribution in [2.24, 2.45) is 5.92 Å². The molecule has 0 aliphatic heterocycles. The summed E-state index contributed by atoms with van der Waals surface area (Å²) in [5.41, 5.74) is 0.315. The van der Waals surface area contributed by atoms with Crippen LogP contribution in [0.3, 0.4) is 0 Å². The molecule has 0 bridgehead atoms. The Bertz CT molecular complexity index is 558. The van der Waals surface area contributed by atoms with E-state index in [0.29, 0.717) is 25.0 Å². The number of carbonyl (C=O) groups excluding carboxylic acids is 3. The first-order valence-electron chi connectivity index (χ1n) is 6.32. The molecule has 2 N–H and O–H groups in total. The normalized spacial score (nSPS) is 15.5. The molecule has 1 amide bonds.